The molecule has 0 saturated carbocycles. The smallest absolute Gasteiger partial charge is 0.326 e. The Hall–Kier alpha value is -1.26. The Bertz CT molecular complexity index is 544. The highest BCUT2D eigenvalue weighted by Crippen LogP contribution is 2.41. The summed E-state index contributed by atoms with van der Waals surface area (Å²) < 4.78 is 39.0. The van der Waals surface area contributed by atoms with Gasteiger partial charge in [0.15, 0.2) is 0 Å². The van der Waals surface area contributed by atoms with Crippen molar-refractivity contribution in [2.45, 2.75) is 19.1 Å². The fourth-order valence-electron chi connectivity index (χ4n) is 1.98. The summed E-state index contributed by atoms with van der Waals surface area (Å²) in [6.45, 7) is 0.256. The standard InChI is InChI=1S/C14H12ClF3N/c15-13-6-5-9(8-19)7-11(13)10-3-1-2-4-12(10)14(16,17)18/h1,3-7H,2,8,19H2. The SMILES string of the molecule is NCc1ccc(Cl)c(C2=C[CH]CC=C2C(F)(F)F)c1. The molecule has 0 fully saturated rings. The molecule has 0 bridgehead atoms. The molecule has 0 unspecified atom stereocenters. The largest absolute Gasteiger partial charge is 0.416 e. The van der Waals surface area contributed by atoms with Crippen molar-refractivity contribution in [3.05, 3.63) is 58.5 Å². The van der Waals surface area contributed by atoms with Crippen LogP contribution in [0.4, 0.5) is 13.2 Å². The monoisotopic (exact) mass is 286 g/mol. The van der Waals surface area contributed by atoms with Crippen LogP contribution in [0.2, 0.25) is 5.02 Å². The highest BCUT2D eigenvalue weighted by atomic mass is 35.5. The van der Waals surface area contributed by atoms with Crippen molar-refractivity contribution in [3.63, 3.8) is 0 Å². The lowest BCUT2D eigenvalue weighted by atomic mass is 9.90. The second-order valence-electron chi connectivity index (χ2n) is 4.19. The van der Waals surface area contributed by atoms with Crippen LogP contribution in [0.1, 0.15) is 17.5 Å². The normalized spacial score (nSPS) is 16.1. The number of nitrogens with two attached hydrogens (primary N) is 1. The molecule has 0 aromatic heterocycles. The van der Waals surface area contributed by atoms with Gasteiger partial charge >= 0.3 is 6.18 Å². The van der Waals surface area contributed by atoms with Crippen LogP contribution < -0.4 is 5.73 Å². The van der Waals surface area contributed by atoms with Crippen molar-refractivity contribution in [3.8, 4) is 0 Å². The molecule has 2 N–H and O–H groups in total. The fraction of sp³-hybridized carbons (Fsp3) is 0.214. The molecule has 0 aliphatic heterocycles. The first kappa shape index (κ1) is 14.2. The van der Waals surface area contributed by atoms with E-state index in [0.29, 0.717) is 5.56 Å². The van der Waals surface area contributed by atoms with E-state index in [2.05, 4.69) is 0 Å². The maximum atomic E-state index is 13.0. The van der Waals surface area contributed by atoms with Crippen LogP contribution >= 0.6 is 11.6 Å². The predicted molar refractivity (Wildman–Crippen MR) is 70.4 cm³/mol. The first-order valence-corrected chi connectivity index (χ1v) is 6.11. The third kappa shape index (κ3) is 3.01. The molecule has 0 spiro atoms. The van der Waals surface area contributed by atoms with Gasteiger partial charge in [-0.2, -0.15) is 13.2 Å². The molecule has 0 heterocycles. The van der Waals surface area contributed by atoms with Gasteiger partial charge in [-0.3, -0.25) is 0 Å². The molecule has 0 saturated heterocycles. The van der Waals surface area contributed by atoms with E-state index in [-0.39, 0.29) is 23.6 Å². The summed E-state index contributed by atoms with van der Waals surface area (Å²) in [5, 5.41) is 0.286. The zero-order chi connectivity index (χ0) is 14.0. The Balaban J connectivity index is 2.51. The molecular weight excluding hydrogens is 275 g/mol. The molecule has 1 aliphatic carbocycles. The molecule has 19 heavy (non-hydrogen) atoms. The number of allylic oxidation sites excluding steroid dienone is 4. The second kappa shape index (κ2) is 5.39. The molecule has 2 rings (SSSR count). The summed E-state index contributed by atoms with van der Waals surface area (Å²) >= 11 is 6.01. The van der Waals surface area contributed by atoms with Crippen molar-refractivity contribution in [1.82, 2.24) is 0 Å². The lowest BCUT2D eigenvalue weighted by Gasteiger charge is -2.20. The van der Waals surface area contributed by atoms with Crippen molar-refractivity contribution < 1.29 is 13.2 Å². The summed E-state index contributed by atoms with van der Waals surface area (Å²) in [5.74, 6) is 0. The summed E-state index contributed by atoms with van der Waals surface area (Å²) in [4.78, 5) is 0. The van der Waals surface area contributed by atoms with Crippen molar-refractivity contribution in [2.75, 3.05) is 0 Å². The van der Waals surface area contributed by atoms with Crippen molar-refractivity contribution in [1.29, 1.82) is 0 Å². The van der Waals surface area contributed by atoms with Gasteiger partial charge in [-0.15, -0.1) is 0 Å². The minimum atomic E-state index is -4.39. The van der Waals surface area contributed by atoms with Crippen LogP contribution in [-0.4, -0.2) is 6.18 Å². The van der Waals surface area contributed by atoms with Gasteiger partial charge in [-0.25, -0.2) is 0 Å². The topological polar surface area (TPSA) is 26.0 Å². The summed E-state index contributed by atoms with van der Waals surface area (Å²) in [6.07, 6.45) is 0.190. The van der Waals surface area contributed by atoms with E-state index in [1.54, 1.807) is 24.6 Å². The Kier molecular flexibility index (Phi) is 4.02. The molecule has 1 nitrogen and oxygen atoms in total. The van der Waals surface area contributed by atoms with E-state index in [1.165, 1.54) is 12.2 Å². The molecule has 1 aliphatic rings. The molecule has 0 atom stereocenters. The van der Waals surface area contributed by atoms with Crippen LogP contribution in [-0.2, 0) is 6.54 Å². The zero-order valence-corrected chi connectivity index (χ0v) is 10.7. The molecule has 101 valence electrons. The molecule has 1 aromatic rings. The number of halogens is 4. The molecule has 1 aromatic carbocycles. The van der Waals surface area contributed by atoms with Crippen LogP contribution in [0.3, 0.4) is 0 Å². The van der Waals surface area contributed by atoms with Gasteiger partial charge in [-0.05, 0) is 36.1 Å². The van der Waals surface area contributed by atoms with E-state index >= 15 is 0 Å². The highest BCUT2D eigenvalue weighted by molar-refractivity contribution is 6.32. The van der Waals surface area contributed by atoms with Crippen LogP contribution in [0.5, 0.6) is 0 Å². The number of hydrogen-bond acceptors (Lipinski definition) is 1. The average molecular weight is 287 g/mol. The van der Waals surface area contributed by atoms with E-state index in [0.717, 1.165) is 5.56 Å². The maximum absolute atomic E-state index is 13.0. The number of alkyl halides is 3. The number of rotatable bonds is 2. The van der Waals surface area contributed by atoms with Gasteiger partial charge in [0.1, 0.15) is 0 Å². The Labute approximate surface area is 114 Å². The fourth-order valence-corrected chi connectivity index (χ4v) is 2.20. The summed E-state index contributed by atoms with van der Waals surface area (Å²) in [7, 11) is 0. The lowest BCUT2D eigenvalue weighted by Crippen LogP contribution is -2.15. The first-order valence-electron chi connectivity index (χ1n) is 5.73. The van der Waals surface area contributed by atoms with Gasteiger partial charge in [0, 0.05) is 17.1 Å². The Morgan fingerprint density at radius 3 is 2.63 bits per heavy atom. The van der Waals surface area contributed by atoms with E-state index in [9.17, 15) is 13.2 Å². The van der Waals surface area contributed by atoms with E-state index < -0.39 is 11.7 Å². The van der Waals surface area contributed by atoms with Crippen LogP contribution in [0.15, 0.2) is 35.9 Å². The molecular formula is C14H12ClF3N. The third-order valence-electron chi connectivity index (χ3n) is 2.89. The minimum Gasteiger partial charge on any atom is -0.326 e. The lowest BCUT2D eigenvalue weighted by molar-refractivity contribution is -0.0873. The summed E-state index contributed by atoms with van der Waals surface area (Å²) in [5.41, 5.74) is 6.07. The predicted octanol–water partition coefficient (Wildman–Crippen LogP) is 4.28. The summed E-state index contributed by atoms with van der Waals surface area (Å²) in [6, 6.07) is 4.88. The highest BCUT2D eigenvalue weighted by Gasteiger charge is 2.37. The molecule has 0 amide bonds. The van der Waals surface area contributed by atoms with Crippen molar-refractivity contribution >= 4 is 17.2 Å². The quantitative estimate of drug-likeness (QED) is 0.863. The third-order valence-corrected chi connectivity index (χ3v) is 3.22. The van der Waals surface area contributed by atoms with Crippen LogP contribution in [0.25, 0.3) is 5.57 Å². The van der Waals surface area contributed by atoms with Gasteiger partial charge in [0.25, 0.3) is 0 Å². The maximum Gasteiger partial charge on any atom is 0.416 e. The van der Waals surface area contributed by atoms with E-state index in [1.807, 2.05) is 0 Å². The van der Waals surface area contributed by atoms with Gasteiger partial charge in [0.2, 0.25) is 0 Å². The minimum absolute atomic E-state index is 0.0963. The second-order valence-corrected chi connectivity index (χ2v) is 4.59. The number of hydrogen-bond donors (Lipinski definition) is 1. The Morgan fingerprint density at radius 2 is 2.00 bits per heavy atom. The Morgan fingerprint density at radius 1 is 1.26 bits per heavy atom. The first-order chi connectivity index (χ1) is 8.93. The average Bonchev–Trinajstić information content (AvgIpc) is 2.38. The van der Waals surface area contributed by atoms with Gasteiger partial charge < -0.3 is 5.73 Å². The van der Waals surface area contributed by atoms with Gasteiger partial charge in [-0.1, -0.05) is 29.8 Å². The van der Waals surface area contributed by atoms with Gasteiger partial charge in [0.05, 0.1) is 5.57 Å². The zero-order valence-electron chi connectivity index (χ0n) is 9.97. The van der Waals surface area contributed by atoms with Crippen LogP contribution in [0, 0.1) is 6.42 Å². The van der Waals surface area contributed by atoms with Crippen molar-refractivity contribution in [2.24, 2.45) is 5.73 Å². The molecule has 1 radical (unpaired) electrons. The molecule has 5 heteroatoms. The number of benzene rings is 1. The van der Waals surface area contributed by atoms with E-state index in [4.69, 9.17) is 17.3 Å².